The van der Waals surface area contributed by atoms with E-state index < -0.39 is 5.92 Å². The van der Waals surface area contributed by atoms with Gasteiger partial charge in [-0.3, -0.25) is 9.59 Å². The van der Waals surface area contributed by atoms with E-state index in [1.807, 2.05) is 82.3 Å². The molecule has 172 valence electrons. The van der Waals surface area contributed by atoms with Crippen molar-refractivity contribution in [2.75, 3.05) is 0 Å². The highest BCUT2D eigenvalue weighted by molar-refractivity contribution is 6.05. The summed E-state index contributed by atoms with van der Waals surface area (Å²) in [6.07, 6.45) is 1.30. The molecule has 0 bridgehead atoms. The van der Waals surface area contributed by atoms with Gasteiger partial charge in [0.25, 0.3) is 0 Å². The Morgan fingerprint density at radius 3 is 1.48 bits per heavy atom. The van der Waals surface area contributed by atoms with Crippen molar-refractivity contribution in [3.8, 4) is 11.1 Å². The van der Waals surface area contributed by atoms with Crippen LogP contribution in [-0.4, -0.2) is 21.8 Å². The number of carbonyl (C=O) groups excluding carboxylic acids is 2. The first kappa shape index (κ1) is 23.0. The molecule has 2 aromatic carbocycles. The van der Waals surface area contributed by atoms with Crippen molar-refractivity contribution in [1.29, 1.82) is 0 Å². The zero-order valence-corrected chi connectivity index (χ0v) is 19.8. The lowest BCUT2D eigenvalue weighted by atomic mass is 9.67. The standard InChI is InChI=1S/C29H32O4/c1-28(2)14-21(30)26(22(31)15-28)25(27-23(32)16-29(3,4)17-24(27)33)20-12-10-19(11-13-20)18-8-6-5-7-9-18/h5-13,25,30,32H,14-17H2,1-4H3. The second-order valence-electron chi connectivity index (χ2n) is 11.0. The Balaban J connectivity index is 1.86. The number of rotatable bonds is 4. The molecule has 0 aromatic heterocycles. The van der Waals surface area contributed by atoms with Gasteiger partial charge in [0.1, 0.15) is 11.5 Å². The van der Waals surface area contributed by atoms with Crippen molar-refractivity contribution >= 4 is 11.6 Å². The van der Waals surface area contributed by atoms with E-state index in [2.05, 4.69) is 0 Å². The van der Waals surface area contributed by atoms with Crippen LogP contribution in [0.3, 0.4) is 0 Å². The lowest BCUT2D eigenvalue weighted by molar-refractivity contribution is -0.119. The Morgan fingerprint density at radius 1 is 0.636 bits per heavy atom. The number of carbonyl (C=O) groups is 2. The smallest absolute Gasteiger partial charge is 0.163 e. The molecular formula is C29H32O4. The minimum absolute atomic E-state index is 0.0197. The molecule has 4 rings (SSSR count). The van der Waals surface area contributed by atoms with Gasteiger partial charge >= 0.3 is 0 Å². The number of benzene rings is 2. The Morgan fingerprint density at radius 2 is 1.06 bits per heavy atom. The fraction of sp³-hybridized carbons (Fsp3) is 0.379. The van der Waals surface area contributed by atoms with Crippen LogP contribution >= 0.6 is 0 Å². The summed E-state index contributed by atoms with van der Waals surface area (Å²) in [5.41, 5.74) is 2.60. The third-order valence-electron chi connectivity index (χ3n) is 6.72. The maximum Gasteiger partial charge on any atom is 0.163 e. The summed E-state index contributed by atoms with van der Waals surface area (Å²) >= 11 is 0. The minimum atomic E-state index is -0.776. The first-order valence-electron chi connectivity index (χ1n) is 11.5. The topological polar surface area (TPSA) is 74.6 Å². The van der Waals surface area contributed by atoms with Crippen molar-refractivity contribution in [3.63, 3.8) is 0 Å². The average Bonchev–Trinajstić information content (AvgIpc) is 2.71. The SMILES string of the molecule is CC1(C)CC(=O)C(C(C2=C(O)CC(C)(C)CC2=O)c2ccc(-c3ccccc3)cc2)=C(O)C1. The van der Waals surface area contributed by atoms with E-state index in [1.165, 1.54) is 0 Å². The predicted molar refractivity (Wildman–Crippen MR) is 130 cm³/mol. The third-order valence-corrected chi connectivity index (χ3v) is 6.72. The Hall–Kier alpha value is -3.14. The predicted octanol–water partition coefficient (Wildman–Crippen LogP) is 6.84. The van der Waals surface area contributed by atoms with E-state index >= 15 is 0 Å². The number of allylic oxidation sites excluding steroid dienone is 4. The number of ketones is 2. The molecule has 0 heterocycles. The monoisotopic (exact) mass is 444 g/mol. The molecule has 2 aliphatic carbocycles. The molecule has 0 unspecified atom stereocenters. The minimum Gasteiger partial charge on any atom is -0.512 e. The first-order valence-corrected chi connectivity index (χ1v) is 11.5. The molecule has 2 aromatic rings. The van der Waals surface area contributed by atoms with Gasteiger partial charge in [-0.1, -0.05) is 82.3 Å². The van der Waals surface area contributed by atoms with Crippen LogP contribution < -0.4 is 0 Å². The van der Waals surface area contributed by atoms with Crippen LogP contribution in [0.15, 0.2) is 77.3 Å². The van der Waals surface area contributed by atoms with E-state index in [9.17, 15) is 19.8 Å². The molecule has 0 spiro atoms. The van der Waals surface area contributed by atoms with Crippen LogP contribution in [0.1, 0.15) is 64.9 Å². The van der Waals surface area contributed by atoms with E-state index in [-0.39, 0.29) is 45.1 Å². The molecule has 0 radical (unpaired) electrons. The number of hydrogen-bond donors (Lipinski definition) is 2. The van der Waals surface area contributed by atoms with E-state index in [0.29, 0.717) is 25.7 Å². The zero-order chi connectivity index (χ0) is 24.0. The van der Waals surface area contributed by atoms with Crippen molar-refractivity contribution in [2.24, 2.45) is 10.8 Å². The summed E-state index contributed by atoms with van der Waals surface area (Å²) in [7, 11) is 0. The molecule has 33 heavy (non-hydrogen) atoms. The van der Waals surface area contributed by atoms with Gasteiger partial charge in [-0.25, -0.2) is 0 Å². The average molecular weight is 445 g/mol. The quantitative estimate of drug-likeness (QED) is 0.541. The summed E-state index contributed by atoms with van der Waals surface area (Å²) in [4.78, 5) is 26.5. The van der Waals surface area contributed by atoms with Crippen molar-refractivity contribution in [2.45, 2.75) is 59.3 Å². The molecule has 4 heteroatoms. The maximum absolute atomic E-state index is 13.3. The van der Waals surface area contributed by atoms with Crippen LogP contribution in [0, 0.1) is 10.8 Å². The van der Waals surface area contributed by atoms with Gasteiger partial charge in [-0.15, -0.1) is 0 Å². The highest BCUT2D eigenvalue weighted by Crippen LogP contribution is 2.48. The van der Waals surface area contributed by atoms with Gasteiger partial charge in [0, 0.05) is 42.7 Å². The first-order chi connectivity index (χ1) is 15.5. The molecule has 0 saturated carbocycles. The third kappa shape index (κ3) is 4.66. The number of Topliss-reactive ketones (excluding diaryl/α,β-unsaturated/α-hetero) is 2. The fourth-order valence-electron chi connectivity index (χ4n) is 5.24. The second-order valence-corrected chi connectivity index (χ2v) is 11.0. The zero-order valence-electron chi connectivity index (χ0n) is 19.8. The number of aliphatic hydroxyl groups is 2. The Labute approximate surface area is 195 Å². The van der Waals surface area contributed by atoms with Gasteiger partial charge in [0.15, 0.2) is 11.6 Å². The summed E-state index contributed by atoms with van der Waals surface area (Å²) < 4.78 is 0. The van der Waals surface area contributed by atoms with E-state index in [0.717, 1.165) is 16.7 Å². The van der Waals surface area contributed by atoms with Crippen LogP contribution in [0.25, 0.3) is 11.1 Å². The molecule has 0 fully saturated rings. The molecule has 4 nitrogen and oxygen atoms in total. The number of hydrogen-bond acceptors (Lipinski definition) is 4. The molecule has 2 N–H and O–H groups in total. The van der Waals surface area contributed by atoms with E-state index in [4.69, 9.17) is 0 Å². The number of aliphatic hydroxyl groups excluding tert-OH is 2. The van der Waals surface area contributed by atoms with Gasteiger partial charge in [-0.05, 0) is 27.5 Å². The van der Waals surface area contributed by atoms with Gasteiger partial charge in [0.05, 0.1) is 0 Å². The summed E-state index contributed by atoms with van der Waals surface area (Å²) in [5, 5.41) is 22.0. The second kappa shape index (κ2) is 8.33. The molecule has 0 atom stereocenters. The van der Waals surface area contributed by atoms with Gasteiger partial charge in [0.2, 0.25) is 0 Å². The van der Waals surface area contributed by atoms with Crippen molar-refractivity contribution in [1.82, 2.24) is 0 Å². The Bertz CT molecular complexity index is 1100. The molecular weight excluding hydrogens is 412 g/mol. The van der Waals surface area contributed by atoms with Crippen LogP contribution in [0.4, 0.5) is 0 Å². The van der Waals surface area contributed by atoms with E-state index in [1.54, 1.807) is 0 Å². The summed E-state index contributed by atoms with van der Waals surface area (Å²) in [6.45, 7) is 7.80. The normalized spacial score (nSPS) is 20.5. The lowest BCUT2D eigenvalue weighted by Gasteiger charge is -2.36. The highest BCUT2D eigenvalue weighted by atomic mass is 16.3. The molecule has 0 saturated heterocycles. The highest BCUT2D eigenvalue weighted by Gasteiger charge is 2.43. The maximum atomic E-state index is 13.3. The molecule has 0 aliphatic heterocycles. The molecule has 0 amide bonds. The lowest BCUT2D eigenvalue weighted by Crippen LogP contribution is -2.33. The van der Waals surface area contributed by atoms with Crippen LogP contribution in [0.2, 0.25) is 0 Å². The largest absolute Gasteiger partial charge is 0.512 e. The fourth-order valence-corrected chi connectivity index (χ4v) is 5.24. The summed E-state index contributed by atoms with van der Waals surface area (Å²) in [6, 6.07) is 17.7. The molecule has 2 aliphatic rings. The summed E-state index contributed by atoms with van der Waals surface area (Å²) in [5.74, 6) is -1.07. The van der Waals surface area contributed by atoms with Crippen LogP contribution in [-0.2, 0) is 9.59 Å². The Kier molecular flexibility index (Phi) is 5.81. The van der Waals surface area contributed by atoms with Crippen LogP contribution in [0.5, 0.6) is 0 Å². The van der Waals surface area contributed by atoms with Gasteiger partial charge < -0.3 is 10.2 Å². The van der Waals surface area contributed by atoms with Crippen molar-refractivity contribution < 1.29 is 19.8 Å². The van der Waals surface area contributed by atoms with Gasteiger partial charge in [-0.2, -0.15) is 0 Å². The van der Waals surface area contributed by atoms with Crippen molar-refractivity contribution in [3.05, 3.63) is 82.8 Å².